The van der Waals surface area contributed by atoms with Crippen LogP contribution < -0.4 is 0 Å². The van der Waals surface area contributed by atoms with Gasteiger partial charge >= 0.3 is 0 Å². The van der Waals surface area contributed by atoms with Crippen LogP contribution in [0.25, 0.3) is 0 Å². The third kappa shape index (κ3) is 13.9. The zero-order chi connectivity index (χ0) is 19.5. The first-order chi connectivity index (χ1) is 12.7. The van der Waals surface area contributed by atoms with Crippen LogP contribution in [0.15, 0.2) is 55.1 Å². The normalized spacial score (nSPS) is 18.6. The molecular weight excluding hydrogens is 312 g/mol. The third-order valence-corrected chi connectivity index (χ3v) is 5.03. The standard InChI is InChI=1S/C13H24.C10H14.C3H6/c1-3-4-5-6-7-10-13-11-8-9-12(13)2;1-2-3-7-10-8-5-4-6-9-10;1-3-2/h5-6,12-13H,3-4,7-11H2,1-2H3;4-6,8-9H,2-3,7H2,1H3;3H,1H2,2H3/b6-5-;;/t12?,13-;;/m0../s1. The summed E-state index contributed by atoms with van der Waals surface area (Å²) >= 11 is 0. The van der Waals surface area contributed by atoms with Crippen LogP contribution in [0.1, 0.15) is 91.0 Å². The Labute approximate surface area is 164 Å². The van der Waals surface area contributed by atoms with Crippen molar-refractivity contribution in [2.45, 2.75) is 91.9 Å². The van der Waals surface area contributed by atoms with E-state index in [0.717, 1.165) is 11.8 Å². The fourth-order valence-electron chi connectivity index (χ4n) is 3.39. The molecule has 1 aromatic carbocycles. The van der Waals surface area contributed by atoms with Crippen LogP contribution in [0.3, 0.4) is 0 Å². The minimum Gasteiger partial charge on any atom is -0.103 e. The van der Waals surface area contributed by atoms with E-state index in [4.69, 9.17) is 0 Å². The number of aryl methyl sites for hydroxylation is 1. The topological polar surface area (TPSA) is 0 Å². The lowest BCUT2D eigenvalue weighted by Crippen LogP contribution is -2.02. The van der Waals surface area contributed by atoms with Gasteiger partial charge in [0, 0.05) is 0 Å². The molecule has 0 N–H and O–H groups in total. The summed E-state index contributed by atoms with van der Waals surface area (Å²) in [5.74, 6) is 2.03. The SMILES string of the molecule is C=CC.CCC/C=C\CC[C@H]1CCCC1C.CCCCc1ccccc1. The van der Waals surface area contributed by atoms with Gasteiger partial charge in [-0.05, 0) is 56.4 Å². The average molecular weight is 357 g/mol. The van der Waals surface area contributed by atoms with Crippen LogP contribution in [0.4, 0.5) is 0 Å². The molecule has 1 saturated carbocycles. The monoisotopic (exact) mass is 356 g/mol. The summed E-state index contributed by atoms with van der Waals surface area (Å²) < 4.78 is 0. The molecule has 2 atom stereocenters. The van der Waals surface area contributed by atoms with Crippen LogP contribution >= 0.6 is 0 Å². The van der Waals surface area contributed by atoms with Gasteiger partial charge < -0.3 is 0 Å². The zero-order valence-corrected chi connectivity index (χ0v) is 18.1. The fourth-order valence-corrected chi connectivity index (χ4v) is 3.39. The molecule has 0 heteroatoms. The van der Waals surface area contributed by atoms with E-state index in [9.17, 15) is 0 Å². The van der Waals surface area contributed by atoms with Crippen LogP contribution in [0.2, 0.25) is 0 Å². The van der Waals surface area contributed by atoms with Gasteiger partial charge in [0.1, 0.15) is 0 Å². The van der Waals surface area contributed by atoms with Gasteiger partial charge in [0.2, 0.25) is 0 Å². The second-order valence-corrected chi connectivity index (χ2v) is 7.50. The molecule has 1 unspecified atom stereocenters. The highest BCUT2D eigenvalue weighted by molar-refractivity contribution is 5.14. The number of hydrogen-bond donors (Lipinski definition) is 0. The first-order valence-corrected chi connectivity index (χ1v) is 10.9. The second kappa shape index (κ2) is 18.5. The van der Waals surface area contributed by atoms with Gasteiger partial charge in [0.15, 0.2) is 0 Å². The first kappa shape index (κ1) is 24.7. The third-order valence-electron chi connectivity index (χ3n) is 5.03. The average Bonchev–Trinajstić information content (AvgIpc) is 3.07. The molecule has 0 aliphatic heterocycles. The Bertz CT molecular complexity index is 429. The Morgan fingerprint density at radius 2 is 1.65 bits per heavy atom. The van der Waals surface area contributed by atoms with Gasteiger partial charge in [-0.2, -0.15) is 0 Å². The Kier molecular flexibility index (Phi) is 17.6. The molecule has 0 bridgehead atoms. The fraction of sp³-hybridized carbons (Fsp3) is 0.615. The van der Waals surface area contributed by atoms with E-state index < -0.39 is 0 Å². The second-order valence-electron chi connectivity index (χ2n) is 7.50. The minimum absolute atomic E-state index is 1.000. The van der Waals surface area contributed by atoms with E-state index in [1.807, 2.05) is 6.92 Å². The molecule has 26 heavy (non-hydrogen) atoms. The van der Waals surface area contributed by atoms with Crippen molar-refractivity contribution in [1.82, 2.24) is 0 Å². The molecule has 1 aliphatic rings. The van der Waals surface area contributed by atoms with E-state index >= 15 is 0 Å². The molecule has 0 nitrogen and oxygen atoms in total. The largest absolute Gasteiger partial charge is 0.103 e. The van der Waals surface area contributed by atoms with Gasteiger partial charge in [-0.3, -0.25) is 0 Å². The van der Waals surface area contributed by atoms with Crippen LogP contribution in [0, 0.1) is 11.8 Å². The highest BCUT2D eigenvalue weighted by Gasteiger charge is 2.21. The Morgan fingerprint density at radius 1 is 1.00 bits per heavy atom. The smallest absolute Gasteiger partial charge is 0.0279 e. The van der Waals surface area contributed by atoms with E-state index in [1.165, 1.54) is 69.8 Å². The van der Waals surface area contributed by atoms with Crippen molar-refractivity contribution in [3.8, 4) is 0 Å². The van der Waals surface area contributed by atoms with E-state index in [2.05, 4.69) is 69.8 Å². The molecule has 0 amide bonds. The van der Waals surface area contributed by atoms with Crippen LogP contribution in [-0.4, -0.2) is 0 Å². The van der Waals surface area contributed by atoms with Crippen molar-refractivity contribution < 1.29 is 0 Å². The molecule has 2 rings (SSSR count). The lowest BCUT2D eigenvalue weighted by atomic mass is 9.93. The zero-order valence-electron chi connectivity index (χ0n) is 18.1. The van der Waals surface area contributed by atoms with Crippen molar-refractivity contribution in [2.24, 2.45) is 11.8 Å². The van der Waals surface area contributed by atoms with E-state index in [1.54, 1.807) is 6.08 Å². The van der Waals surface area contributed by atoms with E-state index in [0.29, 0.717) is 0 Å². The molecule has 1 aromatic rings. The van der Waals surface area contributed by atoms with Crippen LogP contribution in [-0.2, 0) is 6.42 Å². The van der Waals surface area contributed by atoms with Crippen molar-refractivity contribution >= 4 is 0 Å². The highest BCUT2D eigenvalue weighted by atomic mass is 14.3. The molecule has 0 aromatic heterocycles. The van der Waals surface area contributed by atoms with E-state index in [-0.39, 0.29) is 0 Å². The number of unbranched alkanes of at least 4 members (excludes halogenated alkanes) is 2. The summed E-state index contributed by atoms with van der Waals surface area (Å²) in [6.07, 6.45) is 20.0. The summed E-state index contributed by atoms with van der Waals surface area (Å²) in [5, 5.41) is 0. The highest BCUT2D eigenvalue weighted by Crippen LogP contribution is 2.34. The maximum atomic E-state index is 3.36. The molecule has 148 valence electrons. The van der Waals surface area contributed by atoms with Gasteiger partial charge in [0.05, 0.1) is 0 Å². The number of allylic oxidation sites excluding steroid dienone is 3. The molecular formula is C26H44. The molecule has 0 radical (unpaired) electrons. The van der Waals surface area contributed by atoms with Crippen molar-refractivity contribution in [1.29, 1.82) is 0 Å². The van der Waals surface area contributed by atoms with Crippen molar-refractivity contribution in [3.05, 3.63) is 60.7 Å². The quantitative estimate of drug-likeness (QED) is 0.408. The molecule has 0 spiro atoms. The summed E-state index contributed by atoms with van der Waals surface area (Å²) in [7, 11) is 0. The van der Waals surface area contributed by atoms with Gasteiger partial charge in [-0.1, -0.05) is 101 Å². The Hall–Kier alpha value is -1.30. The summed E-state index contributed by atoms with van der Waals surface area (Å²) in [5.41, 5.74) is 1.46. The molecule has 1 aliphatic carbocycles. The number of rotatable bonds is 8. The Morgan fingerprint density at radius 3 is 2.19 bits per heavy atom. The lowest BCUT2D eigenvalue weighted by Gasteiger charge is -2.13. The predicted octanol–water partition coefficient (Wildman–Crippen LogP) is 8.78. The molecule has 0 heterocycles. The van der Waals surface area contributed by atoms with Gasteiger partial charge in [-0.25, -0.2) is 0 Å². The maximum Gasteiger partial charge on any atom is -0.0279 e. The van der Waals surface area contributed by atoms with Crippen LogP contribution in [0.5, 0.6) is 0 Å². The van der Waals surface area contributed by atoms with Gasteiger partial charge in [-0.15, -0.1) is 6.58 Å². The molecule has 1 fully saturated rings. The molecule has 0 saturated heterocycles. The van der Waals surface area contributed by atoms with Crippen molar-refractivity contribution in [3.63, 3.8) is 0 Å². The van der Waals surface area contributed by atoms with Gasteiger partial charge in [0.25, 0.3) is 0 Å². The number of benzene rings is 1. The predicted molar refractivity (Wildman–Crippen MR) is 121 cm³/mol. The lowest BCUT2D eigenvalue weighted by molar-refractivity contribution is 0.394. The summed E-state index contributed by atoms with van der Waals surface area (Å²) in [4.78, 5) is 0. The Balaban J connectivity index is 0.000000428. The maximum absolute atomic E-state index is 3.36. The first-order valence-electron chi connectivity index (χ1n) is 10.9. The summed E-state index contributed by atoms with van der Waals surface area (Å²) in [6.45, 7) is 12.1. The minimum atomic E-state index is 1.000. The summed E-state index contributed by atoms with van der Waals surface area (Å²) in [6, 6.07) is 10.6. The number of hydrogen-bond acceptors (Lipinski definition) is 0. The van der Waals surface area contributed by atoms with Crippen molar-refractivity contribution in [2.75, 3.05) is 0 Å².